The summed E-state index contributed by atoms with van der Waals surface area (Å²) in [6, 6.07) is 2.23. The van der Waals surface area contributed by atoms with E-state index in [1.807, 2.05) is 0 Å². The molecule has 4 nitrogen and oxygen atoms in total. The monoisotopic (exact) mass is 292 g/mol. The van der Waals surface area contributed by atoms with Gasteiger partial charge in [0.25, 0.3) is 0 Å². The van der Waals surface area contributed by atoms with Crippen LogP contribution >= 0.6 is 0 Å². The minimum Gasteiger partial charge on any atom is -0.372 e. The maximum atomic E-state index is 12.8. The van der Waals surface area contributed by atoms with Gasteiger partial charge in [-0.15, -0.1) is 0 Å². The third kappa shape index (κ3) is 3.12. The number of hydrogen-bond donors (Lipinski definition) is 0. The van der Waals surface area contributed by atoms with Gasteiger partial charge in [0, 0.05) is 50.5 Å². The van der Waals surface area contributed by atoms with E-state index in [0.29, 0.717) is 19.0 Å². The van der Waals surface area contributed by atoms with Crippen molar-refractivity contribution < 1.29 is 4.39 Å². The van der Waals surface area contributed by atoms with Crippen molar-refractivity contribution in [3.8, 4) is 0 Å². The number of alkyl halides is 1. The van der Waals surface area contributed by atoms with E-state index in [-0.39, 0.29) is 0 Å². The zero-order valence-electron chi connectivity index (χ0n) is 13.1. The Morgan fingerprint density at radius 2 is 2.14 bits per heavy atom. The number of halogens is 1. The average Bonchev–Trinajstić information content (AvgIpc) is 2.73. The lowest BCUT2D eigenvalue weighted by molar-refractivity contribution is 0.0590. The summed E-state index contributed by atoms with van der Waals surface area (Å²) in [5.74, 6) is 0.467. The van der Waals surface area contributed by atoms with Crippen LogP contribution in [0.15, 0.2) is 18.3 Å². The lowest BCUT2D eigenvalue weighted by Gasteiger charge is -2.36. The molecule has 0 spiro atoms. The number of rotatable bonds is 4. The van der Waals surface area contributed by atoms with Crippen molar-refractivity contribution >= 4 is 0 Å². The minimum absolute atomic E-state index is 0.467. The number of nitrogens with zero attached hydrogens (tertiary/aromatic N) is 4. The number of hydrogen-bond acceptors (Lipinski definition) is 3. The number of fused-ring (bicyclic) bond motifs is 1. The molecular weight excluding hydrogens is 267 g/mol. The van der Waals surface area contributed by atoms with Gasteiger partial charge in [-0.25, -0.2) is 4.39 Å². The summed E-state index contributed by atoms with van der Waals surface area (Å²) in [5, 5.41) is 4.70. The Labute approximate surface area is 126 Å². The Bertz CT molecular complexity index is 516. The first-order valence-corrected chi connectivity index (χ1v) is 7.88. The fourth-order valence-corrected chi connectivity index (χ4v) is 3.00. The minimum atomic E-state index is -0.614. The van der Waals surface area contributed by atoms with Gasteiger partial charge in [0.15, 0.2) is 0 Å². The molecule has 5 heteroatoms. The fraction of sp³-hybridized carbons (Fsp3) is 0.688. The van der Waals surface area contributed by atoms with Crippen molar-refractivity contribution in [1.29, 1.82) is 0 Å². The summed E-state index contributed by atoms with van der Waals surface area (Å²) in [4.78, 5) is 4.49. The highest BCUT2D eigenvalue weighted by molar-refractivity contribution is 5.17. The summed E-state index contributed by atoms with van der Waals surface area (Å²) < 4.78 is 14.9. The standard InChI is InChI=1S/C16H25FN4/c1-12(2)16-8-15-4-5-20(13(3)9-21(15)18-16)7-6-19-10-14(17)11-19/h8,12,14H,3-7,9-11H2,1-2H3. The number of allylic oxidation sites excluding steroid dienone is 1. The van der Waals surface area contributed by atoms with Gasteiger partial charge in [-0.1, -0.05) is 20.4 Å². The summed E-state index contributed by atoms with van der Waals surface area (Å²) in [5.41, 5.74) is 3.58. The Morgan fingerprint density at radius 1 is 1.38 bits per heavy atom. The average molecular weight is 292 g/mol. The van der Waals surface area contributed by atoms with Crippen LogP contribution in [0.25, 0.3) is 0 Å². The second-order valence-corrected chi connectivity index (χ2v) is 6.53. The Kier molecular flexibility index (Phi) is 4.02. The first-order valence-electron chi connectivity index (χ1n) is 7.88. The van der Waals surface area contributed by atoms with E-state index in [9.17, 15) is 4.39 Å². The first-order chi connectivity index (χ1) is 10.0. The lowest BCUT2D eigenvalue weighted by atomic mass is 10.1. The van der Waals surface area contributed by atoms with Gasteiger partial charge in [-0.3, -0.25) is 9.58 Å². The van der Waals surface area contributed by atoms with Crippen LogP contribution in [0.4, 0.5) is 4.39 Å². The summed E-state index contributed by atoms with van der Waals surface area (Å²) in [7, 11) is 0. The smallest absolute Gasteiger partial charge is 0.125 e. The molecule has 2 aliphatic rings. The van der Waals surface area contributed by atoms with E-state index in [1.54, 1.807) is 0 Å². The number of likely N-dealkylation sites (tertiary alicyclic amines) is 1. The molecule has 0 aromatic carbocycles. The summed E-state index contributed by atoms with van der Waals surface area (Å²) in [6.45, 7) is 13.4. The molecule has 0 saturated carbocycles. The molecule has 21 heavy (non-hydrogen) atoms. The van der Waals surface area contributed by atoms with E-state index in [1.165, 1.54) is 11.4 Å². The van der Waals surface area contributed by atoms with E-state index in [0.717, 1.165) is 38.3 Å². The highest BCUT2D eigenvalue weighted by Crippen LogP contribution is 2.20. The molecular formula is C16H25FN4. The molecule has 0 amide bonds. The van der Waals surface area contributed by atoms with Crippen LogP contribution in [0.3, 0.4) is 0 Å². The van der Waals surface area contributed by atoms with Crippen molar-refractivity contribution in [3.63, 3.8) is 0 Å². The van der Waals surface area contributed by atoms with Crippen LogP contribution in [0.1, 0.15) is 31.2 Å². The molecule has 0 atom stereocenters. The largest absolute Gasteiger partial charge is 0.372 e. The van der Waals surface area contributed by atoms with E-state index >= 15 is 0 Å². The van der Waals surface area contributed by atoms with Crippen molar-refractivity contribution in [1.82, 2.24) is 19.6 Å². The molecule has 0 N–H and O–H groups in total. The molecule has 0 aliphatic carbocycles. The summed E-state index contributed by atoms with van der Waals surface area (Å²) >= 11 is 0. The van der Waals surface area contributed by atoms with Gasteiger partial charge in [0.05, 0.1) is 12.2 Å². The predicted molar refractivity (Wildman–Crippen MR) is 82.1 cm³/mol. The molecule has 0 bridgehead atoms. The Morgan fingerprint density at radius 3 is 2.81 bits per heavy atom. The van der Waals surface area contributed by atoms with Crippen LogP contribution < -0.4 is 0 Å². The number of aromatic nitrogens is 2. The first kappa shape index (κ1) is 14.6. The van der Waals surface area contributed by atoms with Gasteiger partial charge < -0.3 is 4.90 Å². The van der Waals surface area contributed by atoms with Crippen LogP contribution in [0.2, 0.25) is 0 Å². The molecule has 0 unspecified atom stereocenters. The molecule has 116 valence electrons. The Hall–Kier alpha value is -1.36. The Balaban J connectivity index is 1.58. The summed E-state index contributed by atoms with van der Waals surface area (Å²) in [6.07, 6.45) is 0.390. The molecule has 1 aromatic rings. The lowest BCUT2D eigenvalue weighted by Crippen LogP contribution is -2.50. The van der Waals surface area contributed by atoms with E-state index < -0.39 is 6.17 Å². The fourth-order valence-electron chi connectivity index (χ4n) is 3.00. The van der Waals surface area contributed by atoms with Gasteiger partial charge in [-0.2, -0.15) is 5.10 Å². The van der Waals surface area contributed by atoms with E-state index in [4.69, 9.17) is 5.10 Å². The van der Waals surface area contributed by atoms with Crippen LogP contribution in [-0.2, 0) is 13.0 Å². The molecule has 0 radical (unpaired) electrons. The second kappa shape index (κ2) is 5.79. The molecule has 1 saturated heterocycles. The third-order valence-corrected chi connectivity index (χ3v) is 4.49. The molecule has 1 aromatic heterocycles. The maximum absolute atomic E-state index is 12.8. The van der Waals surface area contributed by atoms with Crippen LogP contribution in [-0.4, -0.2) is 58.5 Å². The quantitative estimate of drug-likeness (QED) is 0.849. The predicted octanol–water partition coefficient (Wildman–Crippen LogP) is 2.03. The molecule has 3 heterocycles. The second-order valence-electron chi connectivity index (χ2n) is 6.53. The zero-order valence-corrected chi connectivity index (χ0v) is 13.1. The SMILES string of the molecule is C=C1Cn2nc(C(C)C)cc2CCN1CCN1CC(F)C1. The van der Waals surface area contributed by atoms with Crippen molar-refractivity contribution in [3.05, 3.63) is 29.7 Å². The van der Waals surface area contributed by atoms with E-state index in [2.05, 4.69) is 41.0 Å². The van der Waals surface area contributed by atoms with Gasteiger partial charge in [0.2, 0.25) is 0 Å². The van der Waals surface area contributed by atoms with Crippen molar-refractivity contribution in [2.24, 2.45) is 0 Å². The zero-order chi connectivity index (χ0) is 15.0. The van der Waals surface area contributed by atoms with Gasteiger partial charge in [0.1, 0.15) is 6.17 Å². The van der Waals surface area contributed by atoms with Crippen LogP contribution in [0.5, 0.6) is 0 Å². The highest BCUT2D eigenvalue weighted by atomic mass is 19.1. The molecule has 2 aliphatic heterocycles. The maximum Gasteiger partial charge on any atom is 0.125 e. The van der Waals surface area contributed by atoms with Crippen LogP contribution in [0, 0.1) is 0 Å². The highest BCUT2D eigenvalue weighted by Gasteiger charge is 2.26. The van der Waals surface area contributed by atoms with Crippen molar-refractivity contribution in [2.45, 2.75) is 38.9 Å². The molecule has 1 fully saturated rings. The molecule has 3 rings (SSSR count). The normalized spacial score (nSPS) is 20.6. The van der Waals surface area contributed by atoms with Crippen molar-refractivity contribution in [2.75, 3.05) is 32.7 Å². The topological polar surface area (TPSA) is 24.3 Å². The van der Waals surface area contributed by atoms with Gasteiger partial charge in [-0.05, 0) is 12.0 Å². The third-order valence-electron chi connectivity index (χ3n) is 4.49. The van der Waals surface area contributed by atoms with Gasteiger partial charge >= 0.3 is 0 Å².